The average molecular weight is 287 g/mol. The number of hydrogen-bond donors (Lipinski definition) is 1. The molecule has 0 amide bonds. The lowest BCUT2D eigenvalue weighted by Gasteiger charge is -2.07. The Hall–Kier alpha value is -3.19. The van der Waals surface area contributed by atoms with E-state index in [1.54, 1.807) is 0 Å². The van der Waals surface area contributed by atoms with Crippen molar-refractivity contribution < 1.29 is 0 Å². The van der Waals surface area contributed by atoms with Gasteiger partial charge in [0.05, 0.1) is 5.69 Å². The van der Waals surface area contributed by atoms with E-state index in [0.717, 1.165) is 16.7 Å². The summed E-state index contributed by atoms with van der Waals surface area (Å²) in [6, 6.07) is 18.9. The summed E-state index contributed by atoms with van der Waals surface area (Å²) in [6.45, 7) is 1.98. The highest BCUT2D eigenvalue weighted by atomic mass is 16.1. The number of aromatic amines is 1. The molecular formula is C18H13N3O. The molecule has 0 aliphatic heterocycles. The van der Waals surface area contributed by atoms with Crippen LogP contribution >= 0.6 is 0 Å². The van der Waals surface area contributed by atoms with E-state index in [1.165, 1.54) is 0 Å². The van der Waals surface area contributed by atoms with Gasteiger partial charge in [-0.25, -0.2) is 4.98 Å². The molecular weight excluding hydrogens is 274 g/mol. The Bertz CT molecular complexity index is 904. The van der Waals surface area contributed by atoms with Crippen molar-refractivity contribution in [2.75, 3.05) is 0 Å². The van der Waals surface area contributed by atoms with Gasteiger partial charge in [0.15, 0.2) is 0 Å². The highest BCUT2D eigenvalue weighted by Gasteiger charge is 2.13. The van der Waals surface area contributed by atoms with Crippen molar-refractivity contribution in [3.05, 3.63) is 76.1 Å². The molecule has 2 aromatic carbocycles. The lowest BCUT2D eigenvalue weighted by molar-refractivity contribution is 1.11. The minimum Gasteiger partial charge on any atom is -0.305 e. The number of benzene rings is 2. The Morgan fingerprint density at radius 3 is 2.32 bits per heavy atom. The first kappa shape index (κ1) is 13.8. The first-order valence-electron chi connectivity index (χ1n) is 6.86. The maximum absolute atomic E-state index is 12.2. The van der Waals surface area contributed by atoms with Gasteiger partial charge >= 0.3 is 0 Å². The molecule has 0 aliphatic rings. The van der Waals surface area contributed by atoms with Crippen LogP contribution in [-0.4, -0.2) is 9.97 Å². The summed E-state index contributed by atoms with van der Waals surface area (Å²) in [5.41, 5.74) is 2.68. The van der Waals surface area contributed by atoms with Crippen LogP contribution in [0.25, 0.3) is 22.6 Å². The summed E-state index contributed by atoms with van der Waals surface area (Å²) in [6.07, 6.45) is 0. The van der Waals surface area contributed by atoms with Gasteiger partial charge in [-0.2, -0.15) is 5.26 Å². The summed E-state index contributed by atoms with van der Waals surface area (Å²) in [4.78, 5) is 19.4. The van der Waals surface area contributed by atoms with Crippen LogP contribution in [0.15, 0.2) is 59.4 Å². The topological polar surface area (TPSA) is 69.5 Å². The zero-order chi connectivity index (χ0) is 15.5. The van der Waals surface area contributed by atoms with Gasteiger partial charge in [0, 0.05) is 11.1 Å². The van der Waals surface area contributed by atoms with Crippen LogP contribution in [-0.2, 0) is 0 Å². The first-order chi connectivity index (χ1) is 10.7. The fraction of sp³-hybridized carbons (Fsp3) is 0.0556. The number of rotatable bonds is 2. The number of nitrogens with one attached hydrogen (secondary N) is 1. The lowest BCUT2D eigenvalue weighted by Crippen LogP contribution is -2.15. The second kappa shape index (κ2) is 5.66. The second-order valence-corrected chi connectivity index (χ2v) is 4.98. The fourth-order valence-electron chi connectivity index (χ4n) is 2.23. The van der Waals surface area contributed by atoms with Crippen molar-refractivity contribution in [3.8, 4) is 28.7 Å². The predicted molar refractivity (Wildman–Crippen MR) is 85.2 cm³/mol. The molecule has 106 valence electrons. The quantitative estimate of drug-likeness (QED) is 0.786. The molecule has 0 saturated carbocycles. The molecule has 0 saturated heterocycles. The van der Waals surface area contributed by atoms with Crippen LogP contribution in [0.2, 0.25) is 0 Å². The molecule has 0 aliphatic carbocycles. The predicted octanol–water partition coefficient (Wildman–Crippen LogP) is 3.28. The van der Waals surface area contributed by atoms with Crippen molar-refractivity contribution in [2.24, 2.45) is 0 Å². The Labute approximate surface area is 127 Å². The van der Waals surface area contributed by atoms with Gasteiger partial charge in [0.25, 0.3) is 5.56 Å². The third-order valence-electron chi connectivity index (χ3n) is 3.40. The first-order valence-corrected chi connectivity index (χ1v) is 6.86. The summed E-state index contributed by atoms with van der Waals surface area (Å²) >= 11 is 0. The number of hydrogen-bond acceptors (Lipinski definition) is 3. The van der Waals surface area contributed by atoms with E-state index in [2.05, 4.69) is 9.97 Å². The molecule has 1 N–H and O–H groups in total. The minimum atomic E-state index is -0.424. The van der Waals surface area contributed by atoms with E-state index in [1.807, 2.05) is 67.6 Å². The van der Waals surface area contributed by atoms with E-state index in [4.69, 9.17) is 0 Å². The molecule has 3 aromatic rings. The smallest absolute Gasteiger partial charge is 0.269 e. The van der Waals surface area contributed by atoms with Crippen molar-refractivity contribution in [1.29, 1.82) is 5.26 Å². The van der Waals surface area contributed by atoms with Crippen LogP contribution in [0.4, 0.5) is 0 Å². The van der Waals surface area contributed by atoms with Crippen molar-refractivity contribution in [1.82, 2.24) is 9.97 Å². The van der Waals surface area contributed by atoms with Gasteiger partial charge in [-0.15, -0.1) is 0 Å². The van der Waals surface area contributed by atoms with Crippen LogP contribution in [0.1, 0.15) is 11.1 Å². The summed E-state index contributed by atoms with van der Waals surface area (Å²) in [5, 5.41) is 9.27. The zero-order valence-electron chi connectivity index (χ0n) is 12.0. The highest BCUT2D eigenvalue weighted by molar-refractivity contribution is 5.69. The fourth-order valence-corrected chi connectivity index (χ4v) is 2.23. The van der Waals surface area contributed by atoms with Gasteiger partial charge in [-0.1, -0.05) is 60.2 Å². The molecule has 3 rings (SSSR count). The minimum absolute atomic E-state index is 0.0311. The normalized spacial score (nSPS) is 10.2. The van der Waals surface area contributed by atoms with E-state index < -0.39 is 5.56 Å². The maximum Gasteiger partial charge on any atom is 0.269 e. The van der Waals surface area contributed by atoms with Crippen molar-refractivity contribution >= 4 is 0 Å². The number of aromatic nitrogens is 2. The van der Waals surface area contributed by atoms with E-state index >= 15 is 0 Å². The van der Waals surface area contributed by atoms with E-state index in [0.29, 0.717) is 11.5 Å². The molecule has 0 fully saturated rings. The Kier molecular flexibility index (Phi) is 3.55. The van der Waals surface area contributed by atoms with E-state index in [-0.39, 0.29) is 5.56 Å². The highest BCUT2D eigenvalue weighted by Crippen LogP contribution is 2.22. The van der Waals surface area contributed by atoms with Crippen LogP contribution < -0.4 is 5.56 Å². The molecule has 1 heterocycles. The summed E-state index contributed by atoms with van der Waals surface area (Å²) < 4.78 is 0. The third-order valence-corrected chi connectivity index (χ3v) is 3.40. The second-order valence-electron chi connectivity index (χ2n) is 4.98. The summed E-state index contributed by atoms with van der Waals surface area (Å²) in [7, 11) is 0. The molecule has 0 radical (unpaired) electrons. The summed E-state index contributed by atoms with van der Waals surface area (Å²) in [5.74, 6) is 0.458. The molecule has 4 heteroatoms. The molecule has 1 aromatic heterocycles. The Morgan fingerprint density at radius 1 is 1.00 bits per heavy atom. The largest absolute Gasteiger partial charge is 0.305 e. The molecule has 4 nitrogen and oxygen atoms in total. The monoisotopic (exact) mass is 287 g/mol. The molecule has 0 spiro atoms. The van der Waals surface area contributed by atoms with Gasteiger partial charge in [0.2, 0.25) is 0 Å². The molecule has 0 bridgehead atoms. The van der Waals surface area contributed by atoms with Gasteiger partial charge in [0.1, 0.15) is 17.5 Å². The number of nitriles is 1. The SMILES string of the molecule is Cc1ccc(-c2nc(-c3ccccc3)[nH]c(=O)c2C#N)cc1. The number of H-pyrrole nitrogens is 1. The van der Waals surface area contributed by atoms with Crippen LogP contribution in [0.5, 0.6) is 0 Å². The van der Waals surface area contributed by atoms with Gasteiger partial charge in [-0.05, 0) is 6.92 Å². The van der Waals surface area contributed by atoms with E-state index in [9.17, 15) is 10.1 Å². The number of aryl methyl sites for hydroxylation is 1. The van der Waals surface area contributed by atoms with Crippen molar-refractivity contribution in [3.63, 3.8) is 0 Å². The Morgan fingerprint density at radius 2 is 1.68 bits per heavy atom. The molecule has 0 atom stereocenters. The van der Waals surface area contributed by atoms with Crippen molar-refractivity contribution in [2.45, 2.75) is 6.92 Å². The Balaban J connectivity index is 2.24. The average Bonchev–Trinajstić information content (AvgIpc) is 2.55. The van der Waals surface area contributed by atoms with Gasteiger partial charge in [-0.3, -0.25) is 4.79 Å². The van der Waals surface area contributed by atoms with Crippen LogP contribution in [0, 0.1) is 18.3 Å². The van der Waals surface area contributed by atoms with Gasteiger partial charge < -0.3 is 4.98 Å². The third kappa shape index (κ3) is 2.52. The lowest BCUT2D eigenvalue weighted by atomic mass is 10.1. The standard InChI is InChI=1S/C18H13N3O/c1-12-7-9-13(10-8-12)16-15(11-19)18(22)21-17(20-16)14-5-3-2-4-6-14/h2-10H,1H3,(H,20,21,22). The molecule has 0 unspecified atom stereocenters. The zero-order valence-corrected chi connectivity index (χ0v) is 12.0. The molecule has 22 heavy (non-hydrogen) atoms. The van der Waals surface area contributed by atoms with Crippen LogP contribution in [0.3, 0.4) is 0 Å². The maximum atomic E-state index is 12.2. The number of nitrogens with zero attached hydrogens (tertiary/aromatic N) is 2.